The lowest BCUT2D eigenvalue weighted by molar-refractivity contribution is -0.119. The molecule has 0 saturated heterocycles. The molecule has 0 saturated carbocycles. The van der Waals surface area contributed by atoms with Crippen molar-refractivity contribution in [3.63, 3.8) is 0 Å². The van der Waals surface area contributed by atoms with E-state index in [0.717, 1.165) is 0 Å². The zero-order valence-electron chi connectivity index (χ0n) is 8.85. The van der Waals surface area contributed by atoms with Gasteiger partial charge in [-0.1, -0.05) is 0 Å². The van der Waals surface area contributed by atoms with Gasteiger partial charge in [0.2, 0.25) is 0 Å². The van der Waals surface area contributed by atoms with Crippen LogP contribution < -0.4 is 10.7 Å². The summed E-state index contributed by atoms with van der Waals surface area (Å²) >= 11 is 0. The van der Waals surface area contributed by atoms with Crippen LogP contribution in [0.5, 0.6) is 0 Å². The van der Waals surface area contributed by atoms with Crippen LogP contribution >= 0.6 is 0 Å². The Morgan fingerprint density at radius 3 is 2.56 bits per heavy atom. The van der Waals surface area contributed by atoms with Crippen LogP contribution in [0.2, 0.25) is 0 Å². The smallest absolute Gasteiger partial charge is 0.257 e. The Morgan fingerprint density at radius 1 is 1.44 bits per heavy atom. The topological polar surface area (TPSA) is 58.7 Å². The SMILES string of the molecule is CC1=NN(c2ccc(F)cc2)C(=O)C1CN. The van der Waals surface area contributed by atoms with Gasteiger partial charge >= 0.3 is 0 Å². The summed E-state index contributed by atoms with van der Waals surface area (Å²) in [6, 6.07) is 5.62. The number of carbonyl (C=O) groups excluding carboxylic acids is 1. The summed E-state index contributed by atoms with van der Waals surface area (Å²) in [4.78, 5) is 11.9. The third kappa shape index (κ3) is 1.69. The van der Waals surface area contributed by atoms with E-state index in [0.29, 0.717) is 11.4 Å². The highest BCUT2D eigenvalue weighted by atomic mass is 19.1. The van der Waals surface area contributed by atoms with Gasteiger partial charge in [-0.15, -0.1) is 0 Å². The monoisotopic (exact) mass is 221 g/mol. The molecule has 0 bridgehead atoms. The largest absolute Gasteiger partial charge is 0.329 e. The zero-order chi connectivity index (χ0) is 11.7. The molecule has 0 aromatic heterocycles. The quantitative estimate of drug-likeness (QED) is 0.813. The number of anilines is 1. The Balaban J connectivity index is 2.30. The molecule has 2 N–H and O–H groups in total. The van der Waals surface area contributed by atoms with Gasteiger partial charge in [0.25, 0.3) is 5.91 Å². The maximum atomic E-state index is 12.7. The van der Waals surface area contributed by atoms with Gasteiger partial charge in [-0.05, 0) is 31.2 Å². The molecule has 84 valence electrons. The fourth-order valence-corrected chi connectivity index (χ4v) is 1.64. The van der Waals surface area contributed by atoms with Crippen molar-refractivity contribution in [1.82, 2.24) is 0 Å². The molecular weight excluding hydrogens is 209 g/mol. The minimum atomic E-state index is -0.356. The highest BCUT2D eigenvalue weighted by Gasteiger charge is 2.32. The molecule has 1 amide bonds. The van der Waals surface area contributed by atoms with Crippen molar-refractivity contribution in [2.24, 2.45) is 16.8 Å². The number of hydrazone groups is 1. The van der Waals surface area contributed by atoms with Crippen molar-refractivity contribution in [2.75, 3.05) is 11.6 Å². The lowest BCUT2D eigenvalue weighted by atomic mass is 10.1. The minimum Gasteiger partial charge on any atom is -0.329 e. The number of amides is 1. The van der Waals surface area contributed by atoms with Crippen LogP contribution in [0.4, 0.5) is 10.1 Å². The minimum absolute atomic E-state index is 0.161. The van der Waals surface area contributed by atoms with Crippen molar-refractivity contribution >= 4 is 17.3 Å². The Labute approximate surface area is 92.5 Å². The molecule has 1 aliphatic rings. The summed E-state index contributed by atoms with van der Waals surface area (Å²) < 4.78 is 12.7. The second kappa shape index (κ2) is 4.02. The van der Waals surface area contributed by atoms with Gasteiger partial charge in [0.05, 0.1) is 11.6 Å². The average molecular weight is 221 g/mol. The highest BCUT2D eigenvalue weighted by Crippen LogP contribution is 2.23. The third-order valence-electron chi connectivity index (χ3n) is 2.58. The van der Waals surface area contributed by atoms with Crippen LogP contribution in [0.15, 0.2) is 29.4 Å². The van der Waals surface area contributed by atoms with Crippen molar-refractivity contribution in [3.05, 3.63) is 30.1 Å². The van der Waals surface area contributed by atoms with E-state index in [-0.39, 0.29) is 24.2 Å². The number of nitrogens with two attached hydrogens (primary N) is 1. The molecule has 1 aromatic carbocycles. The first-order valence-corrected chi connectivity index (χ1v) is 4.98. The molecule has 2 rings (SSSR count). The van der Waals surface area contributed by atoms with Crippen molar-refractivity contribution in [3.8, 4) is 0 Å². The number of benzene rings is 1. The highest BCUT2D eigenvalue weighted by molar-refractivity contribution is 6.14. The standard InChI is InChI=1S/C11H12FN3O/c1-7-10(6-13)11(16)15(14-7)9-4-2-8(12)3-5-9/h2-5,10H,6,13H2,1H3. The summed E-state index contributed by atoms with van der Waals surface area (Å²) in [6.45, 7) is 2.00. The third-order valence-corrected chi connectivity index (χ3v) is 2.58. The van der Waals surface area contributed by atoms with Crippen LogP contribution in [0.1, 0.15) is 6.92 Å². The number of carbonyl (C=O) groups is 1. The van der Waals surface area contributed by atoms with Crippen LogP contribution in [-0.4, -0.2) is 18.2 Å². The van der Waals surface area contributed by atoms with E-state index < -0.39 is 0 Å². The van der Waals surface area contributed by atoms with Crippen LogP contribution in [0, 0.1) is 11.7 Å². The van der Waals surface area contributed by atoms with Gasteiger partial charge in [0.1, 0.15) is 5.82 Å². The molecule has 1 unspecified atom stereocenters. The molecule has 1 atom stereocenters. The molecule has 0 spiro atoms. The lowest BCUT2D eigenvalue weighted by Gasteiger charge is -2.13. The molecule has 4 nitrogen and oxygen atoms in total. The molecule has 0 aliphatic carbocycles. The summed E-state index contributed by atoms with van der Waals surface area (Å²) in [6.07, 6.45) is 0. The molecule has 5 heteroatoms. The maximum absolute atomic E-state index is 12.7. The first kappa shape index (κ1) is 10.8. The molecular formula is C11H12FN3O. The second-order valence-electron chi connectivity index (χ2n) is 3.66. The predicted octanol–water partition coefficient (Wildman–Crippen LogP) is 1.12. The van der Waals surface area contributed by atoms with Crippen molar-refractivity contribution in [2.45, 2.75) is 6.92 Å². The Morgan fingerprint density at radius 2 is 2.06 bits per heavy atom. The van der Waals surface area contributed by atoms with Crippen molar-refractivity contribution in [1.29, 1.82) is 0 Å². The molecule has 16 heavy (non-hydrogen) atoms. The summed E-state index contributed by atoms with van der Waals surface area (Å²) in [5, 5.41) is 5.39. The molecule has 1 aliphatic heterocycles. The summed E-state index contributed by atoms with van der Waals surface area (Å²) in [7, 11) is 0. The Kier molecular flexibility index (Phi) is 2.70. The van der Waals surface area contributed by atoms with Gasteiger partial charge < -0.3 is 5.73 Å². The van der Waals surface area contributed by atoms with E-state index in [1.165, 1.54) is 29.3 Å². The zero-order valence-corrected chi connectivity index (χ0v) is 8.85. The van der Waals surface area contributed by atoms with E-state index in [1.54, 1.807) is 6.92 Å². The number of halogens is 1. The van der Waals surface area contributed by atoms with E-state index in [1.807, 2.05) is 0 Å². The molecule has 0 radical (unpaired) electrons. The fourth-order valence-electron chi connectivity index (χ4n) is 1.64. The summed E-state index contributed by atoms with van der Waals surface area (Å²) in [5.74, 6) is -0.858. The van der Waals surface area contributed by atoms with E-state index >= 15 is 0 Å². The first-order valence-electron chi connectivity index (χ1n) is 4.98. The van der Waals surface area contributed by atoms with E-state index in [9.17, 15) is 9.18 Å². The number of hydrogen-bond donors (Lipinski definition) is 1. The number of rotatable bonds is 2. The predicted molar refractivity (Wildman–Crippen MR) is 59.5 cm³/mol. The van der Waals surface area contributed by atoms with Gasteiger partial charge in [-0.2, -0.15) is 5.10 Å². The first-order chi connectivity index (χ1) is 7.63. The van der Waals surface area contributed by atoms with Gasteiger partial charge in [0, 0.05) is 12.3 Å². The van der Waals surface area contributed by atoms with Crippen LogP contribution in [-0.2, 0) is 4.79 Å². The lowest BCUT2D eigenvalue weighted by Crippen LogP contribution is -2.32. The average Bonchev–Trinajstić information content (AvgIpc) is 2.55. The van der Waals surface area contributed by atoms with E-state index in [4.69, 9.17) is 5.73 Å². The molecule has 1 aromatic rings. The van der Waals surface area contributed by atoms with Gasteiger partial charge in [0.15, 0.2) is 0 Å². The molecule has 0 fully saturated rings. The van der Waals surface area contributed by atoms with Crippen molar-refractivity contribution < 1.29 is 9.18 Å². The Bertz CT molecular complexity index is 441. The number of nitrogens with zero attached hydrogens (tertiary/aromatic N) is 2. The van der Waals surface area contributed by atoms with Gasteiger partial charge in [-0.25, -0.2) is 9.40 Å². The summed E-state index contributed by atoms with van der Waals surface area (Å²) in [5.41, 5.74) is 6.74. The van der Waals surface area contributed by atoms with Crippen LogP contribution in [0.3, 0.4) is 0 Å². The molecule has 1 heterocycles. The maximum Gasteiger partial charge on any atom is 0.257 e. The van der Waals surface area contributed by atoms with Gasteiger partial charge in [-0.3, -0.25) is 4.79 Å². The Hall–Kier alpha value is -1.75. The normalized spacial score (nSPS) is 20.2. The van der Waals surface area contributed by atoms with E-state index in [2.05, 4.69) is 5.10 Å². The fraction of sp³-hybridized carbons (Fsp3) is 0.273. The van der Waals surface area contributed by atoms with Crippen LogP contribution in [0.25, 0.3) is 0 Å². The number of hydrogen-bond acceptors (Lipinski definition) is 3. The second-order valence-corrected chi connectivity index (χ2v) is 3.66.